The summed E-state index contributed by atoms with van der Waals surface area (Å²) in [5.41, 5.74) is 2.01. The van der Waals surface area contributed by atoms with E-state index in [1.54, 1.807) is 24.3 Å². The Labute approximate surface area is 117 Å². The van der Waals surface area contributed by atoms with E-state index in [-0.39, 0.29) is 17.6 Å². The van der Waals surface area contributed by atoms with Gasteiger partial charge in [-0.05, 0) is 42.2 Å². The molecule has 0 saturated carbocycles. The van der Waals surface area contributed by atoms with E-state index in [2.05, 4.69) is 0 Å². The van der Waals surface area contributed by atoms with Crippen LogP contribution in [0.15, 0.2) is 36.4 Å². The molecule has 4 heteroatoms. The number of methoxy groups -OCH3 is 1. The van der Waals surface area contributed by atoms with E-state index in [0.717, 1.165) is 29.7 Å². The van der Waals surface area contributed by atoms with Gasteiger partial charge in [-0.25, -0.2) is 0 Å². The number of phenols is 2. The Balaban J connectivity index is 1.89. The van der Waals surface area contributed by atoms with Crippen molar-refractivity contribution in [1.82, 2.24) is 0 Å². The van der Waals surface area contributed by atoms with Crippen molar-refractivity contribution in [2.75, 3.05) is 7.11 Å². The smallest absolute Gasteiger partial charge is 0.164 e. The van der Waals surface area contributed by atoms with E-state index in [9.17, 15) is 10.2 Å². The molecule has 0 saturated heterocycles. The number of rotatable bonds is 2. The van der Waals surface area contributed by atoms with Crippen LogP contribution in [0.25, 0.3) is 0 Å². The largest absolute Gasteiger partial charge is 0.508 e. The number of phenolic OH excluding ortho intramolecular Hbond substituents is 2. The van der Waals surface area contributed by atoms with Crippen molar-refractivity contribution >= 4 is 0 Å². The van der Waals surface area contributed by atoms with Gasteiger partial charge in [0.25, 0.3) is 0 Å². The van der Waals surface area contributed by atoms with Crippen molar-refractivity contribution in [3.63, 3.8) is 0 Å². The lowest BCUT2D eigenvalue weighted by molar-refractivity contribution is 0.175. The molecule has 3 rings (SSSR count). The van der Waals surface area contributed by atoms with Gasteiger partial charge in [-0.2, -0.15) is 0 Å². The van der Waals surface area contributed by atoms with Gasteiger partial charge in [-0.15, -0.1) is 0 Å². The summed E-state index contributed by atoms with van der Waals surface area (Å²) < 4.78 is 11.1. The predicted octanol–water partition coefficient (Wildman–Crippen LogP) is 3.17. The fourth-order valence-corrected chi connectivity index (χ4v) is 2.48. The molecule has 0 radical (unpaired) electrons. The molecule has 0 aliphatic carbocycles. The van der Waals surface area contributed by atoms with Gasteiger partial charge in [0.1, 0.15) is 17.6 Å². The summed E-state index contributed by atoms with van der Waals surface area (Å²) in [6.07, 6.45) is 1.62. The zero-order chi connectivity index (χ0) is 14.1. The molecule has 4 nitrogen and oxygen atoms in total. The highest BCUT2D eigenvalue weighted by atomic mass is 16.5. The van der Waals surface area contributed by atoms with Crippen LogP contribution < -0.4 is 9.47 Å². The van der Waals surface area contributed by atoms with Crippen molar-refractivity contribution in [2.45, 2.75) is 18.9 Å². The van der Waals surface area contributed by atoms with Crippen molar-refractivity contribution in [3.05, 3.63) is 47.5 Å². The standard InChI is InChI=1S/C16H16O4/c1-19-16-9-15-11(8-13(16)18)4-7-14(20-15)10-2-5-12(17)6-3-10/h2-3,5-6,8-9,14,17-18H,4,7H2,1H3/t14-/m0/s1. The molecule has 1 aliphatic rings. The van der Waals surface area contributed by atoms with Gasteiger partial charge in [0, 0.05) is 6.07 Å². The minimum atomic E-state index is -0.0441. The van der Waals surface area contributed by atoms with Crippen LogP contribution in [0.4, 0.5) is 0 Å². The number of aromatic hydroxyl groups is 2. The number of benzene rings is 2. The molecular weight excluding hydrogens is 256 g/mol. The molecule has 20 heavy (non-hydrogen) atoms. The van der Waals surface area contributed by atoms with Crippen molar-refractivity contribution in [3.8, 4) is 23.0 Å². The molecule has 1 heterocycles. The lowest BCUT2D eigenvalue weighted by Crippen LogP contribution is -2.15. The Hall–Kier alpha value is -2.36. The third kappa shape index (κ3) is 2.25. The Bertz CT molecular complexity index is 619. The monoisotopic (exact) mass is 272 g/mol. The summed E-state index contributed by atoms with van der Waals surface area (Å²) in [5, 5.41) is 19.1. The molecule has 0 spiro atoms. The fraction of sp³-hybridized carbons (Fsp3) is 0.250. The SMILES string of the molecule is COc1cc2c(cc1O)CC[C@@H](c1ccc(O)cc1)O2. The minimum Gasteiger partial charge on any atom is -0.508 e. The molecule has 0 aromatic heterocycles. The maximum Gasteiger partial charge on any atom is 0.164 e. The van der Waals surface area contributed by atoms with Crippen LogP contribution in [0.1, 0.15) is 23.7 Å². The predicted molar refractivity (Wildman–Crippen MR) is 74.5 cm³/mol. The first-order valence-corrected chi connectivity index (χ1v) is 6.53. The van der Waals surface area contributed by atoms with Crippen LogP contribution in [0.5, 0.6) is 23.0 Å². The average molecular weight is 272 g/mol. The maximum absolute atomic E-state index is 9.77. The summed E-state index contributed by atoms with van der Waals surface area (Å²) in [4.78, 5) is 0. The first kappa shape index (κ1) is 12.7. The highest BCUT2D eigenvalue weighted by Crippen LogP contribution is 2.41. The van der Waals surface area contributed by atoms with Gasteiger partial charge >= 0.3 is 0 Å². The van der Waals surface area contributed by atoms with Crippen LogP contribution in [0.3, 0.4) is 0 Å². The lowest BCUT2D eigenvalue weighted by Gasteiger charge is -2.27. The first-order valence-electron chi connectivity index (χ1n) is 6.53. The van der Waals surface area contributed by atoms with Gasteiger partial charge in [-0.1, -0.05) is 12.1 Å². The van der Waals surface area contributed by atoms with Crippen LogP contribution in [-0.2, 0) is 6.42 Å². The highest BCUT2D eigenvalue weighted by molar-refractivity contribution is 5.51. The molecule has 0 amide bonds. The number of fused-ring (bicyclic) bond motifs is 1. The molecule has 2 N–H and O–H groups in total. The third-order valence-corrected chi connectivity index (χ3v) is 3.57. The third-order valence-electron chi connectivity index (χ3n) is 3.57. The Morgan fingerprint density at radius 1 is 1.15 bits per heavy atom. The molecule has 2 aromatic rings. The molecule has 104 valence electrons. The second-order valence-corrected chi connectivity index (χ2v) is 4.87. The Morgan fingerprint density at radius 3 is 2.60 bits per heavy atom. The van der Waals surface area contributed by atoms with Gasteiger partial charge in [-0.3, -0.25) is 0 Å². The van der Waals surface area contributed by atoms with Crippen LogP contribution >= 0.6 is 0 Å². The normalized spacial score (nSPS) is 17.1. The molecular formula is C16H16O4. The van der Waals surface area contributed by atoms with E-state index in [1.807, 2.05) is 12.1 Å². The van der Waals surface area contributed by atoms with Crippen molar-refractivity contribution in [2.24, 2.45) is 0 Å². The summed E-state index contributed by atoms with van der Waals surface area (Å²) in [6.45, 7) is 0. The summed E-state index contributed by atoms with van der Waals surface area (Å²) in [6, 6.07) is 10.5. The second-order valence-electron chi connectivity index (χ2n) is 4.87. The number of hydrogen-bond acceptors (Lipinski definition) is 4. The zero-order valence-electron chi connectivity index (χ0n) is 11.2. The number of hydrogen-bond donors (Lipinski definition) is 2. The van der Waals surface area contributed by atoms with Crippen LogP contribution in [-0.4, -0.2) is 17.3 Å². The first-order chi connectivity index (χ1) is 9.67. The number of ether oxygens (including phenoxy) is 2. The van der Waals surface area contributed by atoms with Crippen LogP contribution in [0.2, 0.25) is 0 Å². The van der Waals surface area contributed by atoms with E-state index in [1.165, 1.54) is 7.11 Å². The van der Waals surface area contributed by atoms with Gasteiger partial charge in [0.2, 0.25) is 0 Å². The zero-order valence-corrected chi connectivity index (χ0v) is 11.2. The molecule has 0 bridgehead atoms. The van der Waals surface area contributed by atoms with E-state index < -0.39 is 0 Å². The molecule has 0 unspecified atom stereocenters. The quantitative estimate of drug-likeness (QED) is 0.881. The van der Waals surface area contributed by atoms with Gasteiger partial charge in [0.15, 0.2) is 11.5 Å². The highest BCUT2D eigenvalue weighted by Gasteiger charge is 2.23. The lowest BCUT2D eigenvalue weighted by atomic mass is 9.97. The second kappa shape index (κ2) is 4.96. The molecule has 2 aromatic carbocycles. The van der Waals surface area contributed by atoms with E-state index in [4.69, 9.17) is 9.47 Å². The maximum atomic E-state index is 9.77. The minimum absolute atomic E-state index is 0.0441. The summed E-state index contributed by atoms with van der Waals surface area (Å²) in [7, 11) is 1.52. The fourth-order valence-electron chi connectivity index (χ4n) is 2.48. The number of aryl methyl sites for hydroxylation is 1. The summed E-state index contributed by atoms with van der Waals surface area (Å²) in [5.74, 6) is 1.54. The Morgan fingerprint density at radius 2 is 1.90 bits per heavy atom. The van der Waals surface area contributed by atoms with Crippen molar-refractivity contribution in [1.29, 1.82) is 0 Å². The van der Waals surface area contributed by atoms with Crippen LogP contribution in [0, 0.1) is 0 Å². The van der Waals surface area contributed by atoms with E-state index in [0.29, 0.717) is 5.75 Å². The van der Waals surface area contributed by atoms with Gasteiger partial charge < -0.3 is 19.7 Å². The Kier molecular flexibility index (Phi) is 3.14. The average Bonchev–Trinajstić information content (AvgIpc) is 2.47. The van der Waals surface area contributed by atoms with Gasteiger partial charge in [0.05, 0.1) is 7.11 Å². The topological polar surface area (TPSA) is 58.9 Å². The molecule has 1 atom stereocenters. The molecule has 0 fully saturated rings. The summed E-state index contributed by atoms with van der Waals surface area (Å²) >= 11 is 0. The van der Waals surface area contributed by atoms with E-state index >= 15 is 0 Å². The molecule has 1 aliphatic heterocycles. The van der Waals surface area contributed by atoms with Crippen molar-refractivity contribution < 1.29 is 19.7 Å².